The van der Waals surface area contributed by atoms with Gasteiger partial charge < -0.3 is 10.6 Å². The molecule has 1 aliphatic rings. The predicted molar refractivity (Wildman–Crippen MR) is 67.3 cm³/mol. The maximum atomic E-state index is 11.4. The second-order valence-electron chi connectivity index (χ2n) is 5.45. The highest BCUT2D eigenvalue weighted by Crippen LogP contribution is 2.18. The Labute approximate surface area is 99.4 Å². The van der Waals surface area contributed by atoms with Crippen LogP contribution in [0.5, 0.6) is 0 Å². The van der Waals surface area contributed by atoms with Crippen molar-refractivity contribution in [2.45, 2.75) is 65.0 Å². The summed E-state index contributed by atoms with van der Waals surface area (Å²) in [6.07, 6.45) is 6.01. The zero-order chi connectivity index (χ0) is 12.0. The summed E-state index contributed by atoms with van der Waals surface area (Å²) in [4.78, 5) is 11.4. The minimum Gasteiger partial charge on any atom is -0.352 e. The fourth-order valence-electron chi connectivity index (χ4n) is 1.71. The molecule has 1 saturated carbocycles. The van der Waals surface area contributed by atoms with Gasteiger partial charge in [0.25, 0.3) is 0 Å². The minimum atomic E-state index is 0.151. The van der Waals surface area contributed by atoms with Gasteiger partial charge in [-0.25, -0.2) is 0 Å². The van der Waals surface area contributed by atoms with E-state index in [0.29, 0.717) is 18.6 Å². The zero-order valence-electron chi connectivity index (χ0n) is 10.9. The number of hydrogen-bond acceptors (Lipinski definition) is 2. The van der Waals surface area contributed by atoms with E-state index in [1.807, 2.05) is 0 Å². The van der Waals surface area contributed by atoms with Crippen LogP contribution in [-0.4, -0.2) is 24.5 Å². The van der Waals surface area contributed by atoms with Gasteiger partial charge in [-0.1, -0.05) is 26.7 Å². The molecule has 16 heavy (non-hydrogen) atoms. The molecular formula is C13H26N2O. The van der Waals surface area contributed by atoms with Gasteiger partial charge in [0.15, 0.2) is 0 Å². The van der Waals surface area contributed by atoms with E-state index in [9.17, 15) is 4.79 Å². The van der Waals surface area contributed by atoms with Gasteiger partial charge in [-0.2, -0.15) is 0 Å². The average molecular weight is 226 g/mol. The molecule has 0 saturated heterocycles. The number of hydrogen-bond donors (Lipinski definition) is 2. The van der Waals surface area contributed by atoms with Gasteiger partial charge in [-0.3, -0.25) is 4.79 Å². The lowest BCUT2D eigenvalue weighted by Crippen LogP contribution is -2.38. The second kappa shape index (κ2) is 6.89. The van der Waals surface area contributed by atoms with Crippen LogP contribution in [0.4, 0.5) is 0 Å². The van der Waals surface area contributed by atoms with Crippen molar-refractivity contribution in [2.75, 3.05) is 6.54 Å². The molecule has 1 fully saturated rings. The van der Waals surface area contributed by atoms with Crippen LogP contribution in [0.25, 0.3) is 0 Å². The third-order valence-corrected chi connectivity index (χ3v) is 2.97. The Bertz CT molecular complexity index is 212. The molecule has 0 spiro atoms. The predicted octanol–water partition coefficient (Wildman–Crippen LogP) is 2.07. The molecule has 2 N–H and O–H groups in total. The van der Waals surface area contributed by atoms with E-state index in [0.717, 1.165) is 25.2 Å². The van der Waals surface area contributed by atoms with Crippen molar-refractivity contribution in [1.82, 2.24) is 10.6 Å². The van der Waals surface area contributed by atoms with E-state index in [1.54, 1.807) is 0 Å². The molecule has 0 heterocycles. The van der Waals surface area contributed by atoms with Crippen LogP contribution >= 0.6 is 0 Å². The summed E-state index contributed by atoms with van der Waals surface area (Å²) in [6.45, 7) is 7.13. The monoisotopic (exact) mass is 226 g/mol. The highest BCUT2D eigenvalue weighted by Gasteiger charge is 2.22. The fraction of sp³-hybridized carbons (Fsp3) is 0.923. The van der Waals surface area contributed by atoms with Crippen LogP contribution in [0.2, 0.25) is 0 Å². The molecule has 3 heteroatoms. The molecule has 0 radical (unpaired) electrons. The molecule has 3 nitrogen and oxygen atoms in total. The van der Waals surface area contributed by atoms with Gasteiger partial charge in [0.05, 0.1) is 6.54 Å². The van der Waals surface area contributed by atoms with Crippen molar-refractivity contribution >= 4 is 5.91 Å². The topological polar surface area (TPSA) is 41.1 Å². The van der Waals surface area contributed by atoms with Crippen LogP contribution < -0.4 is 10.6 Å². The average Bonchev–Trinajstić information content (AvgIpc) is 2.98. The van der Waals surface area contributed by atoms with Crippen LogP contribution in [-0.2, 0) is 4.79 Å². The lowest BCUT2D eigenvalue weighted by atomic mass is 10.0. The van der Waals surface area contributed by atoms with Gasteiger partial charge in [0, 0.05) is 12.1 Å². The quantitative estimate of drug-likeness (QED) is 0.665. The maximum Gasteiger partial charge on any atom is 0.234 e. The Morgan fingerprint density at radius 2 is 1.94 bits per heavy atom. The number of nitrogens with one attached hydrogen (secondary N) is 2. The van der Waals surface area contributed by atoms with E-state index >= 15 is 0 Å². The molecule has 1 unspecified atom stereocenters. The van der Waals surface area contributed by atoms with Crippen molar-refractivity contribution in [3.63, 3.8) is 0 Å². The van der Waals surface area contributed by atoms with Crippen LogP contribution in [0, 0.1) is 5.92 Å². The van der Waals surface area contributed by atoms with E-state index in [1.165, 1.54) is 12.8 Å². The van der Waals surface area contributed by atoms with E-state index < -0.39 is 0 Å². The van der Waals surface area contributed by atoms with Gasteiger partial charge in [-0.05, 0) is 32.1 Å². The maximum absolute atomic E-state index is 11.4. The summed E-state index contributed by atoms with van der Waals surface area (Å²) in [7, 11) is 0. The summed E-state index contributed by atoms with van der Waals surface area (Å²) in [6, 6.07) is 0.925. The van der Waals surface area contributed by atoms with Gasteiger partial charge in [-0.15, -0.1) is 0 Å². The summed E-state index contributed by atoms with van der Waals surface area (Å²) in [5, 5.41) is 6.26. The summed E-state index contributed by atoms with van der Waals surface area (Å²) in [5.74, 6) is 0.934. The van der Waals surface area contributed by atoms with E-state index in [4.69, 9.17) is 0 Å². The van der Waals surface area contributed by atoms with Crippen LogP contribution in [0.15, 0.2) is 0 Å². The Morgan fingerprint density at radius 3 is 2.50 bits per heavy atom. The van der Waals surface area contributed by atoms with Gasteiger partial charge in [0.1, 0.15) is 0 Å². The first kappa shape index (κ1) is 13.5. The van der Waals surface area contributed by atoms with Crippen molar-refractivity contribution in [3.8, 4) is 0 Å². The van der Waals surface area contributed by atoms with Crippen molar-refractivity contribution in [3.05, 3.63) is 0 Å². The Balaban J connectivity index is 1.95. The van der Waals surface area contributed by atoms with Crippen molar-refractivity contribution in [2.24, 2.45) is 5.92 Å². The molecule has 1 aliphatic carbocycles. The normalized spacial score (nSPS) is 17.5. The minimum absolute atomic E-state index is 0.151. The third-order valence-electron chi connectivity index (χ3n) is 2.97. The first-order valence-corrected chi connectivity index (χ1v) is 6.60. The van der Waals surface area contributed by atoms with E-state index in [-0.39, 0.29) is 5.91 Å². The number of carbonyl (C=O) groups excluding carboxylic acids is 1. The molecule has 1 rings (SSSR count). The van der Waals surface area contributed by atoms with Gasteiger partial charge >= 0.3 is 0 Å². The first-order valence-electron chi connectivity index (χ1n) is 6.60. The molecule has 0 aromatic carbocycles. The SMILES string of the molecule is CC(C)CCCC(C)NCC(=O)NC1CC1. The Kier molecular flexibility index (Phi) is 5.81. The van der Waals surface area contributed by atoms with Crippen molar-refractivity contribution < 1.29 is 4.79 Å². The largest absolute Gasteiger partial charge is 0.352 e. The molecule has 94 valence electrons. The highest BCUT2D eigenvalue weighted by atomic mass is 16.2. The third kappa shape index (κ3) is 6.83. The number of rotatable bonds is 8. The number of amides is 1. The first-order chi connectivity index (χ1) is 7.58. The van der Waals surface area contributed by atoms with Crippen LogP contribution in [0.3, 0.4) is 0 Å². The van der Waals surface area contributed by atoms with Gasteiger partial charge in [0.2, 0.25) is 5.91 Å². The molecule has 0 aromatic rings. The fourth-order valence-corrected chi connectivity index (χ4v) is 1.71. The summed E-state index contributed by atoms with van der Waals surface area (Å²) < 4.78 is 0. The second-order valence-corrected chi connectivity index (χ2v) is 5.45. The molecule has 0 aromatic heterocycles. The van der Waals surface area contributed by atoms with Crippen LogP contribution in [0.1, 0.15) is 52.9 Å². The molecule has 0 bridgehead atoms. The highest BCUT2D eigenvalue weighted by molar-refractivity contribution is 5.78. The summed E-state index contributed by atoms with van der Waals surface area (Å²) >= 11 is 0. The molecule has 1 atom stereocenters. The van der Waals surface area contributed by atoms with E-state index in [2.05, 4.69) is 31.4 Å². The Hall–Kier alpha value is -0.570. The zero-order valence-corrected chi connectivity index (χ0v) is 10.9. The lowest BCUT2D eigenvalue weighted by molar-refractivity contribution is -0.120. The smallest absolute Gasteiger partial charge is 0.234 e. The van der Waals surface area contributed by atoms with Crippen molar-refractivity contribution in [1.29, 1.82) is 0 Å². The number of carbonyl (C=O) groups is 1. The summed E-state index contributed by atoms with van der Waals surface area (Å²) in [5.41, 5.74) is 0. The Morgan fingerprint density at radius 1 is 1.25 bits per heavy atom. The standard InChI is InChI=1S/C13H26N2O/c1-10(2)5-4-6-11(3)14-9-13(16)15-12-7-8-12/h10-12,14H,4-9H2,1-3H3,(H,15,16). The molecule has 1 amide bonds. The molecule has 0 aliphatic heterocycles. The lowest BCUT2D eigenvalue weighted by Gasteiger charge is -2.14. The molecular weight excluding hydrogens is 200 g/mol.